The fourth-order valence-electron chi connectivity index (χ4n) is 2.34. The van der Waals surface area contributed by atoms with Crippen LogP contribution in [0.5, 0.6) is 0 Å². The van der Waals surface area contributed by atoms with Crippen molar-refractivity contribution in [2.75, 3.05) is 40.0 Å². The Bertz CT molecular complexity index is 478. The van der Waals surface area contributed by atoms with Crippen LogP contribution in [0, 0.1) is 0 Å². The third-order valence-electron chi connectivity index (χ3n) is 3.57. The Morgan fingerprint density at radius 3 is 2.95 bits per heavy atom. The zero-order valence-corrected chi connectivity index (χ0v) is 13.6. The van der Waals surface area contributed by atoms with Crippen LogP contribution in [0.4, 0.5) is 4.79 Å². The summed E-state index contributed by atoms with van der Waals surface area (Å²) in [6.45, 7) is 2.93. The van der Waals surface area contributed by atoms with Crippen molar-refractivity contribution in [3.8, 4) is 0 Å². The summed E-state index contributed by atoms with van der Waals surface area (Å²) >= 11 is 6.10. The minimum Gasteiger partial charge on any atom is -0.376 e. The lowest BCUT2D eigenvalue weighted by Gasteiger charge is -2.27. The Morgan fingerprint density at radius 2 is 2.23 bits per heavy atom. The van der Waals surface area contributed by atoms with E-state index >= 15 is 0 Å². The van der Waals surface area contributed by atoms with Gasteiger partial charge in [-0.1, -0.05) is 29.8 Å². The van der Waals surface area contributed by atoms with E-state index in [1.165, 1.54) is 0 Å². The van der Waals surface area contributed by atoms with Gasteiger partial charge in [0.1, 0.15) is 0 Å². The first kappa shape index (κ1) is 17.1. The molecule has 2 amide bonds. The molecule has 2 rings (SSSR count). The lowest BCUT2D eigenvalue weighted by atomic mass is 10.1. The van der Waals surface area contributed by atoms with Gasteiger partial charge < -0.3 is 19.7 Å². The summed E-state index contributed by atoms with van der Waals surface area (Å²) in [6, 6.07) is 7.69. The minimum absolute atomic E-state index is 0.0346. The second kappa shape index (κ2) is 8.98. The smallest absolute Gasteiger partial charge is 0.317 e. The number of amides is 2. The number of carbonyl (C=O) groups is 1. The molecule has 1 heterocycles. The predicted molar refractivity (Wildman–Crippen MR) is 86.4 cm³/mol. The maximum atomic E-state index is 12.0. The van der Waals surface area contributed by atoms with Gasteiger partial charge in [0.2, 0.25) is 0 Å². The van der Waals surface area contributed by atoms with E-state index in [0.29, 0.717) is 32.9 Å². The summed E-state index contributed by atoms with van der Waals surface area (Å²) in [7, 11) is 1.77. The molecule has 122 valence electrons. The van der Waals surface area contributed by atoms with Gasteiger partial charge in [-0.2, -0.15) is 0 Å². The van der Waals surface area contributed by atoms with Crippen molar-refractivity contribution in [1.29, 1.82) is 0 Å². The maximum Gasteiger partial charge on any atom is 0.317 e. The van der Waals surface area contributed by atoms with E-state index in [9.17, 15) is 4.79 Å². The molecule has 0 unspecified atom stereocenters. The molecule has 1 aromatic carbocycles. The third-order valence-corrected chi connectivity index (χ3v) is 3.93. The number of likely N-dealkylation sites (N-methyl/N-ethyl adjacent to an activating group) is 1. The maximum absolute atomic E-state index is 12.0. The Balaban J connectivity index is 1.63. The molecule has 1 aromatic rings. The highest BCUT2D eigenvalue weighted by molar-refractivity contribution is 6.31. The van der Waals surface area contributed by atoms with Crippen LogP contribution in [0.2, 0.25) is 5.02 Å². The highest BCUT2D eigenvalue weighted by Crippen LogP contribution is 2.16. The van der Waals surface area contributed by atoms with Crippen molar-refractivity contribution >= 4 is 17.6 Å². The number of urea groups is 1. The number of rotatable bonds is 6. The molecule has 0 spiro atoms. The first-order valence-corrected chi connectivity index (χ1v) is 7.96. The summed E-state index contributed by atoms with van der Waals surface area (Å²) in [5.41, 5.74) is 1.11. The second-order valence-corrected chi connectivity index (χ2v) is 5.78. The molecule has 5 nitrogen and oxygen atoms in total. The largest absolute Gasteiger partial charge is 0.376 e. The molecule has 0 saturated carbocycles. The van der Waals surface area contributed by atoms with Crippen LogP contribution < -0.4 is 5.32 Å². The quantitative estimate of drug-likeness (QED) is 0.816. The van der Waals surface area contributed by atoms with Gasteiger partial charge in [-0.05, 0) is 24.5 Å². The number of nitrogens with one attached hydrogen (secondary N) is 1. The Kier molecular flexibility index (Phi) is 6.96. The molecule has 1 atom stereocenters. The van der Waals surface area contributed by atoms with Crippen molar-refractivity contribution in [1.82, 2.24) is 10.2 Å². The van der Waals surface area contributed by atoms with Crippen LogP contribution in [0.25, 0.3) is 0 Å². The minimum atomic E-state index is -0.0895. The van der Waals surface area contributed by atoms with Gasteiger partial charge in [-0.25, -0.2) is 4.79 Å². The van der Waals surface area contributed by atoms with E-state index in [-0.39, 0.29) is 12.1 Å². The molecule has 1 aliphatic heterocycles. The van der Waals surface area contributed by atoms with Gasteiger partial charge in [0.15, 0.2) is 0 Å². The molecular weight excluding hydrogens is 304 g/mol. The van der Waals surface area contributed by atoms with Gasteiger partial charge in [0, 0.05) is 18.6 Å². The lowest BCUT2D eigenvalue weighted by molar-refractivity contribution is -0.0928. The molecule has 6 heteroatoms. The summed E-state index contributed by atoms with van der Waals surface area (Å²) in [6.07, 6.45) is 1.67. The molecule has 0 radical (unpaired) electrons. The van der Waals surface area contributed by atoms with Crippen LogP contribution in [-0.4, -0.2) is 57.0 Å². The van der Waals surface area contributed by atoms with Crippen LogP contribution in [0.15, 0.2) is 24.3 Å². The summed E-state index contributed by atoms with van der Waals surface area (Å²) < 4.78 is 10.9. The van der Waals surface area contributed by atoms with Gasteiger partial charge in [-0.3, -0.25) is 0 Å². The number of hydrogen-bond donors (Lipinski definition) is 1. The molecule has 0 aliphatic carbocycles. The van der Waals surface area contributed by atoms with Crippen molar-refractivity contribution in [2.24, 2.45) is 0 Å². The number of halogens is 1. The molecular formula is C16H23ClN2O3. The zero-order valence-electron chi connectivity index (χ0n) is 12.9. The van der Waals surface area contributed by atoms with E-state index in [0.717, 1.165) is 23.4 Å². The Hall–Kier alpha value is -1.30. The van der Waals surface area contributed by atoms with Gasteiger partial charge >= 0.3 is 6.03 Å². The number of benzene rings is 1. The highest BCUT2D eigenvalue weighted by atomic mass is 35.5. The number of hydrogen-bond acceptors (Lipinski definition) is 3. The molecule has 22 heavy (non-hydrogen) atoms. The van der Waals surface area contributed by atoms with Crippen LogP contribution in [0.3, 0.4) is 0 Å². The van der Waals surface area contributed by atoms with Gasteiger partial charge in [0.05, 0.1) is 32.5 Å². The van der Waals surface area contributed by atoms with Crippen molar-refractivity contribution in [3.63, 3.8) is 0 Å². The number of aryl methyl sites for hydroxylation is 1. The van der Waals surface area contributed by atoms with E-state index in [1.807, 2.05) is 24.3 Å². The average Bonchev–Trinajstić information content (AvgIpc) is 2.53. The normalized spacial score (nSPS) is 18.0. The fourth-order valence-corrected chi connectivity index (χ4v) is 2.57. The highest BCUT2D eigenvalue weighted by Gasteiger charge is 2.18. The standard InChI is InChI=1S/C16H23ClN2O3/c1-19(11-14-12-21-9-10-22-14)16(20)18-8-4-6-13-5-2-3-7-15(13)17/h2-3,5,7,14H,4,6,8-12H2,1H3,(H,18,20)/t14-/m0/s1. The monoisotopic (exact) mass is 326 g/mol. The van der Waals surface area contributed by atoms with Gasteiger partial charge in [0.25, 0.3) is 0 Å². The van der Waals surface area contributed by atoms with E-state index < -0.39 is 0 Å². The molecule has 1 aliphatic rings. The molecule has 1 saturated heterocycles. The molecule has 1 fully saturated rings. The molecule has 1 N–H and O–H groups in total. The zero-order chi connectivity index (χ0) is 15.8. The topological polar surface area (TPSA) is 50.8 Å². The van der Waals surface area contributed by atoms with E-state index in [4.69, 9.17) is 21.1 Å². The van der Waals surface area contributed by atoms with Gasteiger partial charge in [-0.15, -0.1) is 0 Å². The number of carbonyl (C=O) groups excluding carboxylic acids is 1. The SMILES string of the molecule is CN(C[C@H]1COCCO1)C(=O)NCCCc1ccccc1Cl. The van der Waals surface area contributed by atoms with Crippen molar-refractivity contribution < 1.29 is 14.3 Å². The second-order valence-electron chi connectivity index (χ2n) is 5.38. The first-order chi connectivity index (χ1) is 10.7. The Labute approximate surface area is 136 Å². The third kappa shape index (κ3) is 5.48. The van der Waals surface area contributed by atoms with Crippen molar-refractivity contribution in [3.05, 3.63) is 34.9 Å². The first-order valence-electron chi connectivity index (χ1n) is 7.58. The average molecular weight is 327 g/mol. The molecule has 0 bridgehead atoms. The van der Waals surface area contributed by atoms with E-state index in [1.54, 1.807) is 11.9 Å². The summed E-state index contributed by atoms with van der Waals surface area (Å²) in [5, 5.41) is 3.69. The van der Waals surface area contributed by atoms with Crippen LogP contribution in [0.1, 0.15) is 12.0 Å². The van der Waals surface area contributed by atoms with E-state index in [2.05, 4.69) is 5.32 Å². The fraction of sp³-hybridized carbons (Fsp3) is 0.562. The van der Waals surface area contributed by atoms with Crippen LogP contribution in [-0.2, 0) is 15.9 Å². The molecule has 0 aromatic heterocycles. The number of ether oxygens (including phenoxy) is 2. The lowest BCUT2D eigenvalue weighted by Crippen LogP contribution is -2.45. The predicted octanol–water partition coefficient (Wildman–Crippen LogP) is 2.33. The summed E-state index contributed by atoms with van der Waals surface area (Å²) in [5.74, 6) is 0. The van der Waals surface area contributed by atoms with Crippen LogP contribution >= 0.6 is 11.6 Å². The summed E-state index contributed by atoms with van der Waals surface area (Å²) in [4.78, 5) is 13.6. The van der Waals surface area contributed by atoms with Crippen molar-refractivity contribution in [2.45, 2.75) is 18.9 Å². The number of nitrogens with zero attached hydrogens (tertiary/aromatic N) is 1. The Morgan fingerprint density at radius 1 is 1.41 bits per heavy atom.